The van der Waals surface area contributed by atoms with Crippen LogP contribution in [-0.4, -0.2) is 29.2 Å². The van der Waals surface area contributed by atoms with Crippen molar-refractivity contribution in [3.8, 4) is 0 Å². The summed E-state index contributed by atoms with van der Waals surface area (Å²) in [6.07, 6.45) is 6.63. The smallest absolute Gasteiger partial charge is 0.195 e. The zero-order valence-electron chi connectivity index (χ0n) is 10.9. The molecule has 0 aromatic carbocycles. The van der Waals surface area contributed by atoms with Crippen LogP contribution in [0.15, 0.2) is 0 Å². The fraction of sp³-hybridized carbons (Fsp3) is 1.00. The Kier molecular flexibility index (Phi) is 2.96. The van der Waals surface area contributed by atoms with Gasteiger partial charge in [-0.25, -0.2) is 0 Å². The fourth-order valence-electron chi connectivity index (χ4n) is 4.20. The number of aliphatic hydroxyl groups is 1. The second-order valence-electron chi connectivity index (χ2n) is 6.35. The summed E-state index contributed by atoms with van der Waals surface area (Å²) in [5.41, 5.74) is 0. The Labute approximate surface area is 103 Å². The normalized spacial score (nSPS) is 54.9. The summed E-state index contributed by atoms with van der Waals surface area (Å²) in [5.74, 6) is 0.389. The van der Waals surface area contributed by atoms with Crippen molar-refractivity contribution in [2.24, 2.45) is 11.8 Å². The first-order valence-electron chi connectivity index (χ1n) is 7.13. The van der Waals surface area contributed by atoms with Crippen LogP contribution in [0.25, 0.3) is 0 Å². The first kappa shape index (κ1) is 11.9. The van der Waals surface area contributed by atoms with E-state index in [-0.39, 0.29) is 12.2 Å². The van der Waals surface area contributed by atoms with Gasteiger partial charge in [0.2, 0.25) is 0 Å². The van der Waals surface area contributed by atoms with E-state index in [9.17, 15) is 5.11 Å². The summed E-state index contributed by atoms with van der Waals surface area (Å²) in [4.78, 5) is 0. The van der Waals surface area contributed by atoms with Gasteiger partial charge in [-0.3, -0.25) is 0 Å². The second-order valence-corrected chi connectivity index (χ2v) is 6.35. The van der Waals surface area contributed by atoms with Crippen LogP contribution in [0, 0.1) is 11.8 Å². The lowest BCUT2D eigenvalue weighted by Gasteiger charge is -2.53. The summed E-state index contributed by atoms with van der Waals surface area (Å²) in [6, 6.07) is 0. The molecule has 1 spiro atoms. The maximum atomic E-state index is 10.6. The van der Waals surface area contributed by atoms with E-state index in [1.54, 1.807) is 0 Å². The third kappa shape index (κ3) is 2.02. The molecule has 2 saturated carbocycles. The van der Waals surface area contributed by atoms with Gasteiger partial charge < -0.3 is 14.6 Å². The van der Waals surface area contributed by atoms with Crippen molar-refractivity contribution in [1.82, 2.24) is 0 Å². The molecule has 3 aliphatic rings. The van der Waals surface area contributed by atoms with E-state index in [0.717, 1.165) is 19.3 Å². The van der Waals surface area contributed by atoms with Crippen molar-refractivity contribution in [3.05, 3.63) is 0 Å². The van der Waals surface area contributed by atoms with E-state index in [2.05, 4.69) is 13.8 Å². The maximum Gasteiger partial charge on any atom is 0.195 e. The molecule has 2 aliphatic carbocycles. The van der Waals surface area contributed by atoms with E-state index >= 15 is 0 Å². The van der Waals surface area contributed by atoms with Gasteiger partial charge >= 0.3 is 0 Å². The highest BCUT2D eigenvalue weighted by Crippen LogP contribution is 2.49. The van der Waals surface area contributed by atoms with Gasteiger partial charge in [-0.05, 0) is 44.9 Å². The van der Waals surface area contributed by atoms with E-state index in [0.29, 0.717) is 11.8 Å². The van der Waals surface area contributed by atoms with Gasteiger partial charge in [-0.2, -0.15) is 0 Å². The molecule has 1 N–H and O–H groups in total. The summed E-state index contributed by atoms with van der Waals surface area (Å²) >= 11 is 0. The molecule has 1 saturated heterocycles. The Balaban J connectivity index is 1.84. The Bertz CT molecular complexity index is 281. The lowest BCUT2D eigenvalue weighted by molar-refractivity contribution is -0.370. The minimum absolute atomic E-state index is 0.201. The number of hydrogen-bond donors (Lipinski definition) is 1. The van der Waals surface area contributed by atoms with Crippen LogP contribution in [0.1, 0.15) is 52.4 Å². The quantitative estimate of drug-likeness (QED) is 0.707. The molecule has 0 amide bonds. The zero-order chi connectivity index (χ0) is 12.0. The molecule has 1 heterocycles. The van der Waals surface area contributed by atoms with Gasteiger partial charge in [-0.1, -0.05) is 12.8 Å². The van der Waals surface area contributed by atoms with Gasteiger partial charge in [0, 0.05) is 6.42 Å². The summed E-state index contributed by atoms with van der Waals surface area (Å²) < 4.78 is 12.1. The van der Waals surface area contributed by atoms with Crippen LogP contribution in [0.3, 0.4) is 0 Å². The molecular formula is C14H24O3. The lowest BCUT2D eigenvalue weighted by atomic mass is 9.67. The van der Waals surface area contributed by atoms with Crippen LogP contribution in [0.2, 0.25) is 0 Å². The largest absolute Gasteiger partial charge is 0.387 e. The first-order chi connectivity index (χ1) is 8.09. The Morgan fingerprint density at radius 3 is 2.47 bits per heavy atom. The van der Waals surface area contributed by atoms with Gasteiger partial charge in [-0.15, -0.1) is 0 Å². The van der Waals surface area contributed by atoms with Crippen LogP contribution >= 0.6 is 0 Å². The van der Waals surface area contributed by atoms with E-state index in [1.165, 1.54) is 19.3 Å². The Morgan fingerprint density at radius 1 is 1.06 bits per heavy atom. The van der Waals surface area contributed by atoms with Gasteiger partial charge in [0.1, 0.15) is 6.10 Å². The summed E-state index contributed by atoms with van der Waals surface area (Å²) in [7, 11) is 0. The summed E-state index contributed by atoms with van der Waals surface area (Å²) in [5, 5.41) is 10.6. The topological polar surface area (TPSA) is 38.7 Å². The third-order valence-corrected chi connectivity index (χ3v) is 4.76. The minimum atomic E-state index is -0.689. The standard InChI is InChI=1S/C14H24O3/c1-9-6-10(2)17-14(16-9)8-11-4-3-5-12(7-11)13(14)15/h9-13,15H,3-8H2,1-2H3/t9-,10-,11-,12+,13-/m1/s1. The average molecular weight is 240 g/mol. The zero-order valence-corrected chi connectivity index (χ0v) is 10.9. The van der Waals surface area contributed by atoms with Crippen molar-refractivity contribution in [1.29, 1.82) is 0 Å². The van der Waals surface area contributed by atoms with Gasteiger partial charge in [0.15, 0.2) is 5.79 Å². The van der Waals surface area contributed by atoms with Crippen LogP contribution in [-0.2, 0) is 9.47 Å². The van der Waals surface area contributed by atoms with E-state index in [4.69, 9.17) is 9.47 Å². The number of aliphatic hydroxyl groups excluding tert-OH is 1. The molecular weight excluding hydrogens is 216 g/mol. The maximum absolute atomic E-state index is 10.6. The molecule has 2 bridgehead atoms. The van der Waals surface area contributed by atoms with Crippen molar-refractivity contribution in [3.63, 3.8) is 0 Å². The Hall–Kier alpha value is -0.120. The molecule has 3 rings (SSSR count). The van der Waals surface area contributed by atoms with E-state index in [1.807, 2.05) is 0 Å². The molecule has 5 atom stereocenters. The molecule has 17 heavy (non-hydrogen) atoms. The van der Waals surface area contributed by atoms with Crippen molar-refractivity contribution in [2.75, 3.05) is 0 Å². The molecule has 0 aromatic heterocycles. The molecule has 3 nitrogen and oxygen atoms in total. The van der Waals surface area contributed by atoms with Gasteiger partial charge in [0.05, 0.1) is 12.2 Å². The second kappa shape index (κ2) is 4.22. The Morgan fingerprint density at radius 2 is 1.76 bits per heavy atom. The number of rotatable bonds is 0. The van der Waals surface area contributed by atoms with E-state index < -0.39 is 11.9 Å². The molecule has 1 aliphatic heterocycles. The van der Waals surface area contributed by atoms with Crippen LogP contribution < -0.4 is 0 Å². The van der Waals surface area contributed by atoms with Crippen molar-refractivity contribution >= 4 is 0 Å². The lowest BCUT2D eigenvalue weighted by Crippen LogP contribution is -2.61. The molecule has 0 radical (unpaired) electrons. The van der Waals surface area contributed by atoms with Crippen LogP contribution in [0.5, 0.6) is 0 Å². The molecule has 0 unspecified atom stereocenters. The highest BCUT2D eigenvalue weighted by molar-refractivity contribution is 4.97. The first-order valence-corrected chi connectivity index (χ1v) is 7.13. The minimum Gasteiger partial charge on any atom is -0.387 e. The van der Waals surface area contributed by atoms with Gasteiger partial charge in [0.25, 0.3) is 0 Å². The highest BCUT2D eigenvalue weighted by atomic mass is 16.7. The number of hydrogen-bond acceptors (Lipinski definition) is 3. The fourth-order valence-corrected chi connectivity index (χ4v) is 4.20. The predicted molar refractivity (Wildman–Crippen MR) is 64.5 cm³/mol. The average Bonchev–Trinajstić information content (AvgIpc) is 2.25. The number of fused-ring (bicyclic) bond motifs is 2. The molecule has 0 aromatic rings. The summed E-state index contributed by atoms with van der Waals surface area (Å²) in [6.45, 7) is 4.19. The van der Waals surface area contributed by atoms with Crippen molar-refractivity contribution in [2.45, 2.75) is 76.5 Å². The van der Waals surface area contributed by atoms with Crippen LogP contribution in [0.4, 0.5) is 0 Å². The molecule has 3 heteroatoms. The highest BCUT2D eigenvalue weighted by Gasteiger charge is 2.54. The predicted octanol–water partition coefficient (Wildman–Crippen LogP) is 2.47. The van der Waals surface area contributed by atoms with Crippen molar-refractivity contribution < 1.29 is 14.6 Å². The monoisotopic (exact) mass is 240 g/mol. The SMILES string of the molecule is C[C@@H]1C[C@@H](C)OC2(C[C@@H]3CCC[C@@H](C3)[C@H]2O)O1. The molecule has 3 fully saturated rings. The third-order valence-electron chi connectivity index (χ3n) is 4.76. The molecule has 98 valence electrons. The number of ether oxygens (including phenoxy) is 2.